The molecule has 7 nitrogen and oxygen atoms in total. The van der Waals surface area contributed by atoms with E-state index in [2.05, 4.69) is 33.6 Å². The van der Waals surface area contributed by atoms with Gasteiger partial charge in [-0.05, 0) is 13.8 Å². The summed E-state index contributed by atoms with van der Waals surface area (Å²) in [5, 5.41) is 0.992. The number of thiazole rings is 1. The Morgan fingerprint density at radius 1 is 1.00 bits per heavy atom. The number of hydrogen-bond donors (Lipinski definition) is 0. The van der Waals surface area contributed by atoms with E-state index in [4.69, 9.17) is 14.5 Å². The summed E-state index contributed by atoms with van der Waals surface area (Å²) >= 11 is 1.61. The summed E-state index contributed by atoms with van der Waals surface area (Å²) in [5.74, 6) is 0.905. The Morgan fingerprint density at radius 2 is 1.61 bits per heavy atom. The Kier molecular flexibility index (Phi) is 3.26. The molecule has 0 atom stereocenters. The van der Waals surface area contributed by atoms with Crippen LogP contribution in [0.3, 0.4) is 0 Å². The van der Waals surface area contributed by atoms with Gasteiger partial charge in [0.2, 0.25) is 0 Å². The first kappa shape index (κ1) is 15.0. The number of rotatable bonds is 4. The predicted molar refractivity (Wildman–Crippen MR) is 90.5 cm³/mol. The van der Waals surface area contributed by atoms with Crippen molar-refractivity contribution in [2.24, 2.45) is 0 Å². The van der Waals surface area contributed by atoms with Crippen LogP contribution in [0.4, 0.5) is 10.9 Å². The number of anilines is 2. The molecular weight excluding hydrogens is 314 g/mol. The molecule has 0 spiro atoms. The van der Waals surface area contributed by atoms with E-state index in [0.717, 1.165) is 47.5 Å². The highest BCUT2D eigenvalue weighted by atomic mass is 32.1. The van der Waals surface area contributed by atoms with Crippen LogP contribution in [0.1, 0.15) is 13.8 Å². The standard InChI is InChI=1S/C15H21N5O2S/c1-14(21-3)5-19(6-14)11-10-12(17-9-16-11)23-13(18-10)20-7-15(2,8-20)22-4/h9H,5-8H2,1-4H3. The van der Waals surface area contributed by atoms with E-state index in [9.17, 15) is 0 Å². The van der Waals surface area contributed by atoms with Gasteiger partial charge in [0.05, 0.1) is 37.4 Å². The van der Waals surface area contributed by atoms with Crippen LogP contribution >= 0.6 is 11.3 Å². The fraction of sp³-hybridized carbons (Fsp3) is 0.667. The zero-order chi connectivity index (χ0) is 16.2. The Balaban J connectivity index is 1.59. The van der Waals surface area contributed by atoms with E-state index in [1.54, 1.807) is 31.9 Å². The van der Waals surface area contributed by atoms with E-state index < -0.39 is 0 Å². The van der Waals surface area contributed by atoms with Gasteiger partial charge in [0.25, 0.3) is 0 Å². The molecule has 124 valence electrons. The van der Waals surface area contributed by atoms with Crippen LogP contribution in [0, 0.1) is 0 Å². The molecule has 2 aromatic heterocycles. The van der Waals surface area contributed by atoms with Gasteiger partial charge < -0.3 is 19.3 Å². The number of hydrogen-bond acceptors (Lipinski definition) is 8. The molecule has 0 aromatic carbocycles. The average molecular weight is 335 g/mol. The third-order valence-corrected chi connectivity index (χ3v) is 5.85. The van der Waals surface area contributed by atoms with Crippen LogP contribution in [0.25, 0.3) is 10.3 Å². The van der Waals surface area contributed by atoms with Crippen molar-refractivity contribution in [2.75, 3.05) is 50.2 Å². The summed E-state index contributed by atoms with van der Waals surface area (Å²) in [6.07, 6.45) is 1.62. The highest BCUT2D eigenvalue weighted by Crippen LogP contribution is 2.38. The third-order valence-electron chi connectivity index (χ3n) is 4.82. The topological polar surface area (TPSA) is 63.6 Å². The predicted octanol–water partition coefficient (Wildman–Crippen LogP) is 1.54. The van der Waals surface area contributed by atoms with Gasteiger partial charge in [0.1, 0.15) is 11.8 Å². The molecule has 0 radical (unpaired) electrons. The molecule has 2 saturated heterocycles. The average Bonchev–Trinajstić information content (AvgIpc) is 2.92. The van der Waals surface area contributed by atoms with Crippen LogP contribution < -0.4 is 9.80 Å². The minimum absolute atomic E-state index is 0.0654. The zero-order valence-electron chi connectivity index (χ0n) is 13.9. The largest absolute Gasteiger partial charge is 0.375 e. The van der Waals surface area contributed by atoms with Gasteiger partial charge in [0, 0.05) is 14.2 Å². The lowest BCUT2D eigenvalue weighted by atomic mass is 9.96. The van der Waals surface area contributed by atoms with Crippen LogP contribution in [0.2, 0.25) is 0 Å². The summed E-state index contributed by atoms with van der Waals surface area (Å²) in [7, 11) is 3.51. The minimum atomic E-state index is -0.0894. The highest BCUT2D eigenvalue weighted by molar-refractivity contribution is 7.21. The maximum absolute atomic E-state index is 5.52. The van der Waals surface area contributed by atoms with E-state index in [0.29, 0.717) is 0 Å². The van der Waals surface area contributed by atoms with Crippen LogP contribution in [0.15, 0.2) is 6.33 Å². The van der Waals surface area contributed by atoms with Crippen molar-refractivity contribution in [3.63, 3.8) is 0 Å². The van der Waals surface area contributed by atoms with E-state index in [1.165, 1.54) is 0 Å². The molecule has 0 amide bonds. The summed E-state index contributed by atoms with van der Waals surface area (Å²) in [4.78, 5) is 19.0. The fourth-order valence-corrected chi connectivity index (χ4v) is 4.07. The Hall–Kier alpha value is -1.51. The van der Waals surface area contributed by atoms with Gasteiger partial charge in [-0.3, -0.25) is 0 Å². The Labute approximate surface area is 139 Å². The number of methoxy groups -OCH3 is 2. The SMILES string of the molecule is COC1(C)CN(c2nc3c(N4CC(C)(OC)C4)ncnc3s2)C1. The maximum atomic E-state index is 5.52. The lowest BCUT2D eigenvalue weighted by molar-refractivity contribution is -0.0173. The van der Waals surface area contributed by atoms with E-state index >= 15 is 0 Å². The molecule has 2 fully saturated rings. The zero-order valence-corrected chi connectivity index (χ0v) is 14.7. The van der Waals surface area contributed by atoms with Crippen LogP contribution in [-0.4, -0.2) is 66.6 Å². The normalized spacial score (nSPS) is 22.1. The number of fused-ring (bicyclic) bond motifs is 1. The maximum Gasteiger partial charge on any atom is 0.188 e. The molecule has 2 aliphatic heterocycles. The first-order chi connectivity index (χ1) is 11.0. The number of ether oxygens (including phenoxy) is 2. The van der Waals surface area contributed by atoms with Crippen molar-refractivity contribution >= 4 is 32.6 Å². The van der Waals surface area contributed by atoms with E-state index in [-0.39, 0.29) is 11.2 Å². The molecule has 2 aromatic rings. The fourth-order valence-electron chi connectivity index (χ4n) is 3.16. The van der Waals surface area contributed by atoms with Crippen molar-refractivity contribution < 1.29 is 9.47 Å². The molecule has 0 saturated carbocycles. The summed E-state index contributed by atoms with van der Waals surface area (Å²) in [6.45, 7) is 7.60. The van der Waals surface area contributed by atoms with Crippen molar-refractivity contribution in [3.8, 4) is 0 Å². The summed E-state index contributed by atoms with van der Waals surface area (Å²) in [6, 6.07) is 0. The molecule has 23 heavy (non-hydrogen) atoms. The van der Waals surface area contributed by atoms with Gasteiger partial charge in [-0.25, -0.2) is 15.0 Å². The summed E-state index contributed by atoms with van der Waals surface area (Å²) in [5.41, 5.74) is 0.731. The Bertz CT molecular complexity index is 737. The molecule has 0 bridgehead atoms. The lowest BCUT2D eigenvalue weighted by Gasteiger charge is -2.47. The number of aromatic nitrogens is 3. The number of nitrogens with zero attached hydrogens (tertiary/aromatic N) is 5. The lowest BCUT2D eigenvalue weighted by Crippen LogP contribution is -2.61. The molecule has 4 heterocycles. The molecule has 0 aliphatic carbocycles. The van der Waals surface area contributed by atoms with E-state index in [1.807, 2.05) is 0 Å². The minimum Gasteiger partial charge on any atom is -0.375 e. The van der Waals surface area contributed by atoms with Gasteiger partial charge in [0.15, 0.2) is 15.8 Å². The molecule has 2 aliphatic rings. The van der Waals surface area contributed by atoms with Crippen LogP contribution in [0.5, 0.6) is 0 Å². The van der Waals surface area contributed by atoms with Gasteiger partial charge in [-0.2, -0.15) is 0 Å². The first-order valence-corrected chi connectivity index (χ1v) is 8.49. The van der Waals surface area contributed by atoms with Crippen molar-refractivity contribution in [1.82, 2.24) is 15.0 Å². The smallest absolute Gasteiger partial charge is 0.188 e. The van der Waals surface area contributed by atoms with Gasteiger partial charge in [-0.15, -0.1) is 0 Å². The monoisotopic (exact) mass is 335 g/mol. The molecule has 4 rings (SSSR count). The quantitative estimate of drug-likeness (QED) is 0.839. The Morgan fingerprint density at radius 3 is 2.22 bits per heavy atom. The second-order valence-corrected chi connectivity index (χ2v) is 7.82. The third kappa shape index (κ3) is 2.36. The first-order valence-electron chi connectivity index (χ1n) is 7.67. The summed E-state index contributed by atoms with van der Waals surface area (Å²) < 4.78 is 11.0. The van der Waals surface area contributed by atoms with Gasteiger partial charge in [-0.1, -0.05) is 11.3 Å². The molecular formula is C15H21N5O2S. The second-order valence-electron chi connectivity index (χ2n) is 6.87. The highest BCUT2D eigenvalue weighted by Gasteiger charge is 2.42. The van der Waals surface area contributed by atoms with Gasteiger partial charge >= 0.3 is 0 Å². The van der Waals surface area contributed by atoms with Crippen LogP contribution in [-0.2, 0) is 9.47 Å². The van der Waals surface area contributed by atoms with Crippen molar-refractivity contribution in [1.29, 1.82) is 0 Å². The molecule has 0 unspecified atom stereocenters. The van der Waals surface area contributed by atoms with Crippen molar-refractivity contribution in [2.45, 2.75) is 25.0 Å². The molecule has 8 heteroatoms. The second kappa shape index (κ2) is 4.99. The molecule has 0 N–H and O–H groups in total. The van der Waals surface area contributed by atoms with Crippen molar-refractivity contribution in [3.05, 3.63) is 6.33 Å².